The Morgan fingerprint density at radius 2 is 1.51 bits per heavy atom. The number of benzene rings is 1. The van der Waals surface area contributed by atoms with E-state index in [9.17, 15) is 4.79 Å². The molecule has 0 amide bonds. The molecule has 2 aliphatic rings. The highest BCUT2D eigenvalue weighted by Crippen LogP contribution is 2.52. The van der Waals surface area contributed by atoms with Gasteiger partial charge in [-0.25, -0.2) is 0 Å². The van der Waals surface area contributed by atoms with Gasteiger partial charge < -0.3 is 24.8 Å². The molecule has 14 radical (unpaired) electrons. The molecule has 182 valence electrons. The number of rotatable bonds is 7. The predicted molar refractivity (Wildman–Crippen MR) is 152 cm³/mol. The molecule has 6 nitrogen and oxygen atoms in total. The van der Waals surface area contributed by atoms with E-state index in [0.29, 0.717) is 12.0 Å². The fourth-order valence-corrected chi connectivity index (χ4v) is 5.74. The lowest BCUT2D eigenvalue weighted by molar-refractivity contribution is -0.163. The second kappa shape index (κ2) is 10.3. The largest absolute Gasteiger partial charge is 0.494 e. The molecule has 37 heavy (non-hydrogen) atoms. The van der Waals surface area contributed by atoms with Crippen LogP contribution in [0.25, 0.3) is 0 Å². The van der Waals surface area contributed by atoms with Crippen molar-refractivity contribution in [3.05, 3.63) is 11.1 Å². The van der Waals surface area contributed by atoms with Crippen molar-refractivity contribution in [1.82, 2.24) is 4.90 Å². The van der Waals surface area contributed by atoms with Gasteiger partial charge in [-0.05, 0) is 41.2 Å². The predicted octanol–water partition coefficient (Wildman–Crippen LogP) is -1.63. The highest BCUT2D eigenvalue weighted by molar-refractivity contribution is 6.57. The van der Waals surface area contributed by atoms with Gasteiger partial charge in [0.05, 0.1) is 45.6 Å². The van der Waals surface area contributed by atoms with Gasteiger partial charge in [0.25, 0.3) is 0 Å². The highest BCUT2D eigenvalue weighted by Gasteiger charge is 2.59. The molecule has 1 saturated heterocycles. The molecule has 4 atom stereocenters. The van der Waals surface area contributed by atoms with Crippen LogP contribution in [0.1, 0.15) is 51.7 Å². The van der Waals surface area contributed by atoms with Crippen molar-refractivity contribution in [2.24, 2.45) is 23.5 Å². The van der Waals surface area contributed by atoms with Gasteiger partial charge in [-0.1, -0.05) is 43.8 Å². The molecule has 2 N–H and O–H groups in total. The maximum absolute atomic E-state index is 13.0. The average molecular weight is 487 g/mol. The van der Waals surface area contributed by atoms with Crippen LogP contribution in [-0.4, -0.2) is 104 Å². The minimum atomic E-state index is -1.89. The van der Waals surface area contributed by atoms with Gasteiger partial charge >= 0.3 is 5.97 Å². The van der Waals surface area contributed by atoms with Crippen molar-refractivity contribution in [3.63, 3.8) is 0 Å². The fourth-order valence-electron chi connectivity index (χ4n) is 5.74. The number of ether oxygens (including phenoxy) is 3. The number of esters is 1. The third-order valence-electron chi connectivity index (χ3n) is 7.82. The van der Waals surface area contributed by atoms with E-state index < -0.39 is 34.1 Å². The molecule has 13 heteroatoms. The second-order valence-electron chi connectivity index (χ2n) is 11.2. The molecule has 3 unspecified atom stereocenters. The quantitative estimate of drug-likeness (QED) is 0.368. The van der Waals surface area contributed by atoms with Crippen molar-refractivity contribution in [3.8, 4) is 11.5 Å². The Labute approximate surface area is 231 Å². The standard InChI is InChI=1S/C24H31B7N2O4/c1-10(2)7-12-9-33-22(27,8-13(12)37-21(34)18(32)11(3)4)14-15(23(28,29)24(33,30)31)17(26)20(36-6)19(35-5)16(14)25/h10-13,18H,7-9,32H2,1-6H3/t12?,13?,18-,22?/m0/s1. The zero-order valence-electron chi connectivity index (χ0n) is 22.7. The SMILES string of the molecule is [B]c1c(OC)c(OC)c([B])c2c1C1([B])CC(OC(=O)[C@@H](N)C(C)C)C(CC(C)C)CN1C([B])([B])C2([B])[B]. The zero-order valence-corrected chi connectivity index (χ0v) is 22.7. The molecule has 1 aromatic carbocycles. The fraction of sp³-hybridized carbons (Fsp3) is 0.708. The molecule has 1 fully saturated rings. The lowest BCUT2D eigenvalue weighted by Crippen LogP contribution is -2.78. The first-order valence-electron chi connectivity index (χ1n) is 12.5. The number of nitrogens with zero attached hydrogens (tertiary/aromatic N) is 1. The number of hydrogen-bond acceptors (Lipinski definition) is 6. The summed E-state index contributed by atoms with van der Waals surface area (Å²) in [7, 11) is 49.8. The summed E-state index contributed by atoms with van der Waals surface area (Å²) in [6, 6.07) is -0.793. The van der Waals surface area contributed by atoms with Crippen molar-refractivity contribution in [2.45, 2.75) is 68.7 Å². The Bertz CT molecular complexity index is 1050. The van der Waals surface area contributed by atoms with E-state index >= 15 is 0 Å². The molecular formula is C24H31B7N2O4. The Balaban J connectivity index is 2.28. The molecule has 0 aliphatic carbocycles. The minimum Gasteiger partial charge on any atom is -0.494 e. The first-order valence-corrected chi connectivity index (χ1v) is 12.5. The molecule has 0 bridgehead atoms. The molecule has 0 spiro atoms. The number of hydrogen-bond donors (Lipinski definition) is 1. The third-order valence-corrected chi connectivity index (χ3v) is 7.82. The summed E-state index contributed by atoms with van der Waals surface area (Å²) in [6.45, 7) is 8.06. The van der Waals surface area contributed by atoms with Crippen LogP contribution in [0.4, 0.5) is 0 Å². The molecule has 2 heterocycles. The van der Waals surface area contributed by atoms with E-state index in [1.807, 2.05) is 13.8 Å². The number of piperidine rings is 1. The van der Waals surface area contributed by atoms with Crippen LogP contribution in [0.15, 0.2) is 0 Å². The monoisotopic (exact) mass is 488 g/mol. The van der Waals surface area contributed by atoms with E-state index in [0.717, 1.165) is 0 Å². The van der Waals surface area contributed by atoms with E-state index in [4.69, 9.17) is 74.9 Å². The number of carbonyl (C=O) groups excluding carboxylic acids is 1. The summed E-state index contributed by atoms with van der Waals surface area (Å²) in [5.74, 6) is -0.251. The van der Waals surface area contributed by atoms with Gasteiger partial charge in [0.1, 0.15) is 35.7 Å². The average Bonchev–Trinajstić information content (AvgIpc) is 2.79. The van der Waals surface area contributed by atoms with Crippen LogP contribution in [0.5, 0.6) is 11.5 Å². The highest BCUT2D eigenvalue weighted by atomic mass is 16.5. The van der Waals surface area contributed by atoms with E-state index in [1.54, 1.807) is 4.90 Å². The number of fused-ring (bicyclic) bond motifs is 3. The summed E-state index contributed by atoms with van der Waals surface area (Å²) >= 11 is 0. The van der Waals surface area contributed by atoms with Crippen LogP contribution in [0.2, 0.25) is 0 Å². The number of methoxy groups -OCH3 is 2. The molecule has 2 aliphatic heterocycles. The molecular weight excluding hydrogens is 456 g/mol. The Morgan fingerprint density at radius 1 is 1.00 bits per heavy atom. The van der Waals surface area contributed by atoms with Gasteiger partial charge in [0, 0.05) is 17.9 Å². The van der Waals surface area contributed by atoms with Gasteiger partial charge in [-0.2, -0.15) is 0 Å². The Kier molecular flexibility index (Phi) is 8.44. The van der Waals surface area contributed by atoms with Crippen molar-refractivity contribution >= 4 is 71.8 Å². The van der Waals surface area contributed by atoms with E-state index in [2.05, 4.69) is 13.8 Å². The minimum absolute atomic E-state index is 0.0537. The molecule has 3 rings (SSSR count). The topological polar surface area (TPSA) is 74.0 Å². The van der Waals surface area contributed by atoms with Gasteiger partial charge in [-0.15, -0.1) is 0 Å². The van der Waals surface area contributed by atoms with Crippen molar-refractivity contribution in [1.29, 1.82) is 0 Å². The maximum atomic E-state index is 13.0. The van der Waals surface area contributed by atoms with Gasteiger partial charge in [0.2, 0.25) is 0 Å². The summed E-state index contributed by atoms with van der Waals surface area (Å²) in [6.07, 6.45) is 0.149. The smallest absolute Gasteiger partial charge is 0.323 e. The van der Waals surface area contributed by atoms with Crippen LogP contribution in [-0.2, 0) is 20.2 Å². The van der Waals surface area contributed by atoms with Crippen molar-refractivity contribution in [2.75, 3.05) is 20.8 Å². The van der Waals surface area contributed by atoms with Crippen LogP contribution < -0.4 is 26.1 Å². The Morgan fingerprint density at radius 3 is 1.97 bits per heavy atom. The maximum Gasteiger partial charge on any atom is 0.323 e. The normalized spacial score (nSPS) is 27.3. The second-order valence-corrected chi connectivity index (χ2v) is 11.2. The Hall–Kier alpha value is -1.34. The van der Waals surface area contributed by atoms with Gasteiger partial charge in [0.15, 0.2) is 11.5 Å². The zero-order chi connectivity index (χ0) is 28.2. The van der Waals surface area contributed by atoms with E-state index in [1.165, 1.54) is 14.2 Å². The summed E-state index contributed by atoms with van der Waals surface area (Å²) < 4.78 is 17.0. The van der Waals surface area contributed by atoms with Crippen LogP contribution >= 0.6 is 0 Å². The molecule has 0 saturated carbocycles. The summed E-state index contributed by atoms with van der Waals surface area (Å²) in [5.41, 5.74) is 5.26. The summed E-state index contributed by atoms with van der Waals surface area (Å²) in [5, 5.41) is -3.76. The summed E-state index contributed by atoms with van der Waals surface area (Å²) in [4.78, 5) is 14.6. The first-order chi connectivity index (χ1) is 17.0. The van der Waals surface area contributed by atoms with Crippen LogP contribution in [0.3, 0.4) is 0 Å². The molecule has 0 aromatic heterocycles. The lowest BCUT2D eigenvalue weighted by atomic mass is 9.27. The number of carbonyl (C=O) groups is 1. The van der Waals surface area contributed by atoms with E-state index in [-0.39, 0.29) is 58.7 Å². The third kappa shape index (κ3) is 4.70. The lowest BCUT2D eigenvalue weighted by Gasteiger charge is -2.68. The number of nitrogens with two attached hydrogens (primary N) is 1. The van der Waals surface area contributed by atoms with Gasteiger partial charge in [-0.3, -0.25) is 4.79 Å². The first kappa shape index (κ1) is 30.2. The van der Waals surface area contributed by atoms with Crippen molar-refractivity contribution < 1.29 is 19.0 Å². The molecule has 1 aromatic rings. The van der Waals surface area contributed by atoms with Crippen LogP contribution in [0, 0.1) is 17.8 Å².